The summed E-state index contributed by atoms with van der Waals surface area (Å²) < 4.78 is 26.1. The van der Waals surface area contributed by atoms with Crippen molar-refractivity contribution < 1.29 is 18.7 Å². The molecule has 2 N–H and O–H groups in total. The summed E-state index contributed by atoms with van der Waals surface area (Å²) in [4.78, 5) is 0. The number of halogens is 1. The summed E-state index contributed by atoms with van der Waals surface area (Å²) in [6, 6.07) is 11.7. The summed E-state index contributed by atoms with van der Waals surface area (Å²) in [5.74, 6) is 0.330. The molecule has 0 amide bonds. The lowest BCUT2D eigenvalue weighted by Crippen LogP contribution is -2.31. The minimum Gasteiger partial charge on any atom is -0.507 e. The average molecular weight is 566 g/mol. The van der Waals surface area contributed by atoms with E-state index in [2.05, 4.69) is 59.0 Å². The predicted molar refractivity (Wildman–Crippen MR) is 161 cm³/mol. The second-order valence-corrected chi connectivity index (χ2v) is 16.6. The second kappa shape index (κ2) is 11.6. The zero-order valence-corrected chi connectivity index (χ0v) is 27.1. The minimum atomic E-state index is -3.53. The van der Waals surface area contributed by atoms with Gasteiger partial charge >= 0.3 is 7.60 Å². The molecular weight excluding hydrogens is 517 g/mol. The molecule has 214 valence electrons. The van der Waals surface area contributed by atoms with Gasteiger partial charge in [0.15, 0.2) is 0 Å². The predicted octanol–water partition coefficient (Wildman–Crippen LogP) is 9.29. The van der Waals surface area contributed by atoms with Gasteiger partial charge < -0.3 is 14.2 Å². The Morgan fingerprint density at radius 1 is 0.816 bits per heavy atom. The molecule has 5 nitrogen and oxygen atoms in total. The summed E-state index contributed by atoms with van der Waals surface area (Å²) >= 11 is 6.16. The Morgan fingerprint density at radius 2 is 1.24 bits per heavy atom. The maximum Gasteiger partial charge on any atom is 0.345 e. The van der Waals surface area contributed by atoms with Crippen LogP contribution in [0.2, 0.25) is 5.02 Å². The van der Waals surface area contributed by atoms with Crippen molar-refractivity contribution in [3.63, 3.8) is 0 Å². The molecule has 0 radical (unpaired) electrons. The molecule has 2 rings (SSSR count). The van der Waals surface area contributed by atoms with E-state index in [1.54, 1.807) is 0 Å². The van der Waals surface area contributed by atoms with E-state index in [9.17, 15) is 9.67 Å². The Labute approximate surface area is 236 Å². The molecule has 0 aliphatic carbocycles. The van der Waals surface area contributed by atoms with Gasteiger partial charge in [-0.05, 0) is 105 Å². The monoisotopic (exact) mass is 565 g/mol. The van der Waals surface area contributed by atoms with Crippen LogP contribution in [0.1, 0.15) is 111 Å². The Balaban J connectivity index is 2.63. The number of rotatable bonds is 8. The zero-order valence-electron chi connectivity index (χ0n) is 25.5. The van der Waals surface area contributed by atoms with Gasteiger partial charge in [0.1, 0.15) is 5.75 Å². The van der Waals surface area contributed by atoms with Crippen molar-refractivity contribution >= 4 is 19.2 Å². The third kappa shape index (κ3) is 9.99. The first-order valence-corrected chi connectivity index (χ1v) is 15.5. The van der Waals surface area contributed by atoms with Crippen LogP contribution in [0, 0.1) is 0 Å². The highest BCUT2D eigenvalue weighted by atomic mass is 35.5. The summed E-state index contributed by atoms with van der Waals surface area (Å²) in [6.45, 7) is 23.9. The molecular formula is C31H49ClNO4P. The number of aromatic hydroxyl groups is 1. The molecule has 0 heterocycles. The van der Waals surface area contributed by atoms with Gasteiger partial charge in [0.05, 0.1) is 17.5 Å². The van der Waals surface area contributed by atoms with E-state index >= 15 is 0 Å². The maximum absolute atomic E-state index is 14.0. The second-order valence-electron chi connectivity index (χ2n) is 14.2. The highest BCUT2D eigenvalue weighted by molar-refractivity contribution is 7.53. The molecule has 2 aromatic rings. The van der Waals surface area contributed by atoms with Crippen molar-refractivity contribution in [3.05, 3.63) is 63.7 Å². The van der Waals surface area contributed by atoms with Gasteiger partial charge in [0.2, 0.25) is 0 Å². The van der Waals surface area contributed by atoms with Gasteiger partial charge in [-0.1, -0.05) is 65.3 Å². The Morgan fingerprint density at radius 3 is 1.61 bits per heavy atom. The van der Waals surface area contributed by atoms with E-state index in [-0.39, 0.29) is 23.2 Å². The number of phenolic OH excluding ortho intramolecular Hbond substituents is 1. The lowest BCUT2D eigenvalue weighted by atomic mass is 9.77. The summed E-state index contributed by atoms with van der Waals surface area (Å²) in [6.07, 6.45) is 0.663. The molecule has 2 aromatic carbocycles. The highest BCUT2D eigenvalue weighted by Gasteiger charge is 2.36. The summed E-state index contributed by atoms with van der Waals surface area (Å²) in [5, 5.41) is 15.5. The largest absolute Gasteiger partial charge is 0.507 e. The van der Waals surface area contributed by atoms with Gasteiger partial charge in [-0.15, -0.1) is 0 Å². The van der Waals surface area contributed by atoms with Crippen LogP contribution in [0.15, 0.2) is 36.4 Å². The Bertz CT molecular complexity index is 1080. The van der Waals surface area contributed by atoms with E-state index < -0.39 is 18.8 Å². The van der Waals surface area contributed by atoms with Crippen molar-refractivity contribution in [1.82, 2.24) is 5.32 Å². The molecule has 38 heavy (non-hydrogen) atoms. The van der Waals surface area contributed by atoms with Gasteiger partial charge in [-0.25, -0.2) is 0 Å². The van der Waals surface area contributed by atoms with E-state index in [1.807, 2.05) is 65.8 Å². The van der Waals surface area contributed by atoms with Crippen LogP contribution in [-0.2, 0) is 30.9 Å². The highest BCUT2D eigenvalue weighted by Crippen LogP contribution is 2.54. The molecule has 0 bridgehead atoms. The third-order valence-corrected chi connectivity index (χ3v) is 8.33. The molecule has 1 unspecified atom stereocenters. The molecule has 7 heteroatoms. The minimum absolute atomic E-state index is 0.0381. The molecule has 0 spiro atoms. The molecule has 0 fully saturated rings. The molecule has 1 atom stereocenters. The maximum atomic E-state index is 14.0. The van der Waals surface area contributed by atoms with Crippen molar-refractivity contribution in [3.8, 4) is 5.75 Å². The molecule has 0 saturated heterocycles. The standard InChI is InChI=1S/C31H49ClNO4P/c1-28(2,3)24-18-22(19-25(27(24)34)29(4,5)6)26(17-21-13-15-23(32)16-14-21)33-20-38(35,36-30(7,8)9)37-31(10,11)12/h13-16,18-19,26,33-34H,17,20H2,1-12H3. The van der Waals surface area contributed by atoms with Gasteiger partial charge in [-0.2, -0.15) is 0 Å². The third-order valence-electron chi connectivity index (χ3n) is 5.86. The number of phenols is 1. The van der Waals surface area contributed by atoms with Crippen LogP contribution in [0.25, 0.3) is 0 Å². The van der Waals surface area contributed by atoms with Crippen LogP contribution < -0.4 is 5.32 Å². The smallest absolute Gasteiger partial charge is 0.345 e. The fraction of sp³-hybridized carbons (Fsp3) is 0.613. The first-order chi connectivity index (χ1) is 17.0. The van der Waals surface area contributed by atoms with Crippen LogP contribution in [-0.4, -0.2) is 22.6 Å². The molecule has 0 saturated carbocycles. The first kappa shape index (κ1) is 32.8. The normalized spacial score (nSPS) is 14.6. The van der Waals surface area contributed by atoms with E-state index in [4.69, 9.17) is 20.6 Å². The van der Waals surface area contributed by atoms with Crippen LogP contribution >= 0.6 is 19.2 Å². The summed E-state index contributed by atoms with van der Waals surface area (Å²) in [5.41, 5.74) is 2.00. The number of hydrogen-bond acceptors (Lipinski definition) is 5. The van der Waals surface area contributed by atoms with Crippen molar-refractivity contribution in [2.45, 2.75) is 118 Å². The Hall–Kier alpha value is -1.36. The van der Waals surface area contributed by atoms with Crippen LogP contribution in [0.5, 0.6) is 5.75 Å². The van der Waals surface area contributed by atoms with Crippen molar-refractivity contribution in [1.29, 1.82) is 0 Å². The van der Waals surface area contributed by atoms with Gasteiger partial charge in [0, 0.05) is 11.1 Å². The van der Waals surface area contributed by atoms with Gasteiger partial charge in [0.25, 0.3) is 0 Å². The summed E-state index contributed by atoms with van der Waals surface area (Å²) in [7, 11) is -3.53. The first-order valence-electron chi connectivity index (χ1n) is 13.4. The van der Waals surface area contributed by atoms with Crippen molar-refractivity contribution in [2.75, 3.05) is 6.29 Å². The molecule has 0 aliphatic rings. The lowest BCUT2D eigenvalue weighted by molar-refractivity contribution is 0.0481. The fourth-order valence-electron chi connectivity index (χ4n) is 4.31. The molecule has 0 aromatic heterocycles. The lowest BCUT2D eigenvalue weighted by Gasteiger charge is -2.34. The zero-order chi connectivity index (χ0) is 29.3. The van der Waals surface area contributed by atoms with Crippen molar-refractivity contribution in [2.24, 2.45) is 0 Å². The molecule has 0 aliphatic heterocycles. The van der Waals surface area contributed by atoms with E-state index in [0.29, 0.717) is 17.2 Å². The number of nitrogens with one attached hydrogen (secondary N) is 1. The van der Waals surface area contributed by atoms with Crippen LogP contribution in [0.3, 0.4) is 0 Å². The number of benzene rings is 2. The number of hydrogen-bond donors (Lipinski definition) is 2. The van der Waals surface area contributed by atoms with E-state index in [0.717, 1.165) is 22.3 Å². The quantitative estimate of drug-likeness (QED) is 0.312. The SMILES string of the molecule is CC(C)(C)OP(=O)(CNC(Cc1ccc(Cl)cc1)c1cc(C(C)(C)C)c(O)c(C(C)(C)C)c1)OC(C)(C)C. The fourth-order valence-corrected chi connectivity index (χ4v) is 6.71. The van der Waals surface area contributed by atoms with Crippen LogP contribution in [0.4, 0.5) is 0 Å². The topological polar surface area (TPSA) is 67.8 Å². The average Bonchev–Trinajstić information content (AvgIpc) is 2.68. The van der Waals surface area contributed by atoms with E-state index in [1.165, 1.54) is 0 Å². The Kier molecular flexibility index (Phi) is 10.1. The van der Waals surface area contributed by atoms with Gasteiger partial charge in [-0.3, -0.25) is 9.88 Å².